The first kappa shape index (κ1) is 9.99. The number of hydrogen-bond acceptors (Lipinski definition) is 1. The molecule has 3 heteroatoms. The predicted octanol–water partition coefficient (Wildman–Crippen LogP) is 4.07. The Bertz CT molecular complexity index is 471. The molecule has 0 aromatic heterocycles. The van der Waals surface area contributed by atoms with E-state index in [1.54, 1.807) is 30.3 Å². The molecule has 0 amide bonds. The maximum absolute atomic E-state index is 12.8. The first-order valence-corrected chi connectivity index (χ1v) is 4.73. The van der Waals surface area contributed by atoms with Crippen molar-refractivity contribution in [3.05, 3.63) is 59.4 Å². The van der Waals surface area contributed by atoms with Crippen LogP contribution in [0.3, 0.4) is 0 Å². The third-order valence-electron chi connectivity index (χ3n) is 1.80. The smallest absolute Gasteiger partial charge is 0.146 e. The van der Waals surface area contributed by atoms with Gasteiger partial charge in [0.15, 0.2) is 0 Å². The van der Waals surface area contributed by atoms with E-state index in [4.69, 9.17) is 16.3 Å². The Hall–Kier alpha value is -1.54. The van der Waals surface area contributed by atoms with Crippen LogP contribution in [0.1, 0.15) is 0 Å². The van der Waals surface area contributed by atoms with Gasteiger partial charge >= 0.3 is 0 Å². The van der Waals surface area contributed by atoms with Crippen LogP contribution in [0.4, 0.5) is 4.39 Å². The van der Waals surface area contributed by atoms with Gasteiger partial charge < -0.3 is 4.74 Å². The number of hydrogen-bond donors (Lipinski definition) is 0. The Balaban J connectivity index is 2.26. The molecule has 0 fully saturated rings. The minimum absolute atomic E-state index is 0.402. The third kappa shape index (κ3) is 2.48. The normalized spacial score (nSPS) is 10.0. The molecule has 0 heterocycles. The van der Waals surface area contributed by atoms with Gasteiger partial charge in [-0.25, -0.2) is 4.39 Å². The van der Waals surface area contributed by atoms with Crippen LogP contribution < -0.4 is 4.74 Å². The van der Waals surface area contributed by atoms with Gasteiger partial charge in [0.05, 0.1) is 5.02 Å². The summed E-state index contributed by atoms with van der Waals surface area (Å²) in [5.74, 6) is 0.448. The number of benzene rings is 2. The van der Waals surface area contributed by atoms with Crippen LogP contribution in [0.2, 0.25) is 5.02 Å². The molecule has 0 bridgehead atoms. The van der Waals surface area contributed by atoms with E-state index >= 15 is 0 Å². The van der Waals surface area contributed by atoms with E-state index in [2.05, 4.69) is 6.07 Å². The summed E-state index contributed by atoms with van der Waals surface area (Å²) < 4.78 is 18.2. The summed E-state index contributed by atoms with van der Waals surface area (Å²) in [4.78, 5) is 0. The molecule has 75 valence electrons. The van der Waals surface area contributed by atoms with E-state index in [1.165, 1.54) is 12.1 Å². The highest BCUT2D eigenvalue weighted by atomic mass is 35.5. The van der Waals surface area contributed by atoms with Crippen LogP contribution in [-0.4, -0.2) is 0 Å². The van der Waals surface area contributed by atoms with Crippen molar-refractivity contribution in [2.24, 2.45) is 0 Å². The van der Waals surface area contributed by atoms with E-state index in [0.717, 1.165) is 0 Å². The van der Waals surface area contributed by atoms with Crippen molar-refractivity contribution in [3.63, 3.8) is 0 Å². The Labute approximate surface area is 92.1 Å². The van der Waals surface area contributed by atoms with Gasteiger partial charge in [-0.05, 0) is 24.3 Å². The highest BCUT2D eigenvalue weighted by molar-refractivity contribution is 6.32. The molecule has 2 aromatic rings. The van der Waals surface area contributed by atoms with E-state index in [-0.39, 0.29) is 0 Å². The Kier molecular flexibility index (Phi) is 2.88. The van der Waals surface area contributed by atoms with Gasteiger partial charge in [0, 0.05) is 12.1 Å². The Morgan fingerprint density at radius 3 is 2.73 bits per heavy atom. The van der Waals surface area contributed by atoms with Crippen LogP contribution in [0.25, 0.3) is 0 Å². The molecule has 0 N–H and O–H groups in total. The minimum atomic E-state index is -0.459. The molecule has 0 saturated carbocycles. The predicted molar refractivity (Wildman–Crippen MR) is 56.8 cm³/mol. The van der Waals surface area contributed by atoms with E-state index in [0.29, 0.717) is 16.5 Å². The molecule has 0 aliphatic carbocycles. The van der Waals surface area contributed by atoms with Crippen molar-refractivity contribution in [1.29, 1.82) is 0 Å². The van der Waals surface area contributed by atoms with Gasteiger partial charge in [0.25, 0.3) is 0 Å². The molecule has 2 rings (SSSR count). The fourth-order valence-electron chi connectivity index (χ4n) is 1.14. The largest absolute Gasteiger partial charge is 0.456 e. The van der Waals surface area contributed by atoms with Crippen LogP contribution >= 0.6 is 11.6 Å². The quantitative estimate of drug-likeness (QED) is 0.743. The van der Waals surface area contributed by atoms with Gasteiger partial charge in [-0.15, -0.1) is 0 Å². The van der Waals surface area contributed by atoms with Crippen molar-refractivity contribution < 1.29 is 9.13 Å². The van der Waals surface area contributed by atoms with Crippen molar-refractivity contribution in [3.8, 4) is 11.5 Å². The van der Waals surface area contributed by atoms with Gasteiger partial charge in [0.1, 0.15) is 17.3 Å². The lowest BCUT2D eigenvalue weighted by atomic mass is 10.3. The zero-order valence-corrected chi connectivity index (χ0v) is 8.46. The maximum Gasteiger partial charge on any atom is 0.146 e. The van der Waals surface area contributed by atoms with Crippen molar-refractivity contribution in [2.45, 2.75) is 0 Å². The zero-order chi connectivity index (χ0) is 10.7. The first-order chi connectivity index (χ1) is 7.25. The molecule has 0 atom stereocenters. The van der Waals surface area contributed by atoms with Crippen molar-refractivity contribution in [1.82, 2.24) is 0 Å². The molecule has 15 heavy (non-hydrogen) atoms. The lowest BCUT2D eigenvalue weighted by Crippen LogP contribution is -1.85. The minimum Gasteiger partial charge on any atom is -0.456 e. The summed E-state index contributed by atoms with van der Waals surface area (Å²) in [5, 5.41) is 0.491. The van der Waals surface area contributed by atoms with Crippen LogP contribution in [0.5, 0.6) is 11.5 Å². The number of para-hydroxylation sites is 1. The first-order valence-electron chi connectivity index (χ1n) is 4.35. The average molecular weight is 222 g/mol. The van der Waals surface area contributed by atoms with E-state index in [1.807, 2.05) is 0 Å². The fourth-order valence-corrected chi connectivity index (χ4v) is 1.31. The topological polar surface area (TPSA) is 9.23 Å². The highest BCUT2D eigenvalue weighted by Gasteiger charge is 2.02. The van der Waals surface area contributed by atoms with Gasteiger partial charge in [-0.3, -0.25) is 0 Å². The molecule has 2 aromatic carbocycles. The number of ether oxygens (including phenoxy) is 1. The number of rotatable bonds is 2. The lowest BCUT2D eigenvalue weighted by Gasteiger charge is -2.06. The average Bonchev–Trinajstić information content (AvgIpc) is 2.22. The lowest BCUT2D eigenvalue weighted by molar-refractivity contribution is 0.477. The summed E-state index contributed by atoms with van der Waals surface area (Å²) in [6, 6.07) is 13.8. The third-order valence-corrected chi connectivity index (χ3v) is 2.11. The van der Waals surface area contributed by atoms with Crippen molar-refractivity contribution >= 4 is 11.6 Å². The monoisotopic (exact) mass is 221 g/mol. The van der Waals surface area contributed by atoms with Crippen molar-refractivity contribution in [2.75, 3.05) is 0 Å². The molecule has 0 spiro atoms. The fraction of sp³-hybridized carbons (Fsp3) is 0. The molecule has 0 aliphatic heterocycles. The second kappa shape index (κ2) is 4.32. The van der Waals surface area contributed by atoms with Gasteiger partial charge in [0.2, 0.25) is 0 Å². The highest BCUT2D eigenvalue weighted by Crippen LogP contribution is 2.28. The summed E-state index contributed by atoms with van der Waals surface area (Å²) in [6.07, 6.45) is 0. The van der Waals surface area contributed by atoms with Gasteiger partial charge in [-0.1, -0.05) is 23.7 Å². The van der Waals surface area contributed by atoms with Gasteiger partial charge in [-0.2, -0.15) is 0 Å². The second-order valence-electron chi connectivity index (χ2n) is 2.90. The summed E-state index contributed by atoms with van der Waals surface area (Å²) in [6.45, 7) is 0. The zero-order valence-electron chi connectivity index (χ0n) is 7.71. The molecule has 0 unspecified atom stereocenters. The van der Waals surface area contributed by atoms with E-state index < -0.39 is 5.82 Å². The van der Waals surface area contributed by atoms with E-state index in [9.17, 15) is 4.39 Å². The number of halogens is 2. The maximum atomic E-state index is 12.8. The molecular formula is C12H7ClFO. The molecular weight excluding hydrogens is 215 g/mol. The molecule has 1 nitrogen and oxygen atoms in total. The molecule has 0 saturated heterocycles. The SMILES string of the molecule is Fc1[c]ccc(Oc2ccccc2Cl)c1. The second-order valence-corrected chi connectivity index (χ2v) is 3.31. The summed E-state index contributed by atoms with van der Waals surface area (Å²) in [5.41, 5.74) is 0. The summed E-state index contributed by atoms with van der Waals surface area (Å²) in [7, 11) is 0. The summed E-state index contributed by atoms with van der Waals surface area (Å²) >= 11 is 5.89. The molecule has 0 aliphatic rings. The standard InChI is InChI=1S/C12H7ClFO/c13-11-6-1-2-7-12(11)15-10-5-3-4-9(14)8-10/h1-3,5-8H. The Morgan fingerprint density at radius 2 is 2.00 bits per heavy atom. The Morgan fingerprint density at radius 1 is 1.20 bits per heavy atom. The van der Waals surface area contributed by atoms with Crippen LogP contribution in [0, 0.1) is 11.9 Å². The molecule has 1 radical (unpaired) electrons. The van der Waals surface area contributed by atoms with Crippen LogP contribution in [0.15, 0.2) is 42.5 Å². The van der Waals surface area contributed by atoms with Crippen LogP contribution in [-0.2, 0) is 0 Å².